The highest BCUT2D eigenvalue weighted by Gasteiger charge is 2.41. The molecule has 83 heavy (non-hydrogen) atoms. The van der Waals surface area contributed by atoms with Gasteiger partial charge in [-0.3, -0.25) is 0 Å². The molecular weight excluding hydrogens is 1000 g/mol. The third-order valence-corrected chi connectivity index (χ3v) is 17.4. The van der Waals surface area contributed by atoms with Crippen molar-refractivity contribution in [2.45, 2.75) is 51.5 Å². The van der Waals surface area contributed by atoms with Crippen molar-refractivity contribution < 1.29 is 0 Å². The number of rotatable bonds is 17. The lowest BCUT2D eigenvalue weighted by atomic mass is 9.74. The second kappa shape index (κ2) is 24.6. The highest BCUT2D eigenvalue weighted by atomic mass is 15.2. The summed E-state index contributed by atoms with van der Waals surface area (Å²) in [6, 6.07) is 104. The summed E-state index contributed by atoms with van der Waals surface area (Å²) in [7, 11) is 0. The molecule has 2 bridgehead atoms. The van der Waals surface area contributed by atoms with Crippen molar-refractivity contribution in [3.63, 3.8) is 0 Å². The first-order valence-electron chi connectivity index (χ1n) is 29.8. The van der Waals surface area contributed by atoms with E-state index in [0.717, 1.165) is 84.9 Å². The molecule has 3 fully saturated rings. The van der Waals surface area contributed by atoms with Crippen LogP contribution < -0.4 is 19.6 Å². The molecule has 0 aliphatic heterocycles. The Kier molecular flexibility index (Phi) is 15.6. The number of hydrogen-bond acceptors (Lipinski definition) is 4. The molecule has 0 spiro atoms. The maximum Gasteiger partial charge on any atom is 0.0540 e. The summed E-state index contributed by atoms with van der Waals surface area (Å²) < 4.78 is 0. The third-order valence-electron chi connectivity index (χ3n) is 17.4. The average Bonchev–Trinajstić information content (AvgIpc) is 4.01. The number of fused-ring (bicyclic) bond motifs is 5. The molecule has 0 N–H and O–H groups in total. The molecule has 0 amide bonds. The van der Waals surface area contributed by atoms with Crippen molar-refractivity contribution in [2.24, 2.45) is 17.8 Å². The minimum absolute atomic E-state index is 0.464. The molecular formula is C79H70N4. The fraction of sp³-hybridized carbons (Fsp3) is 0.139. The zero-order valence-corrected chi connectivity index (χ0v) is 47.3. The number of hydrogen-bond donors (Lipinski definition) is 0. The third kappa shape index (κ3) is 11.5. The first-order valence-corrected chi connectivity index (χ1v) is 29.8. The maximum absolute atomic E-state index is 2.71. The van der Waals surface area contributed by atoms with Gasteiger partial charge < -0.3 is 19.6 Å². The first-order chi connectivity index (χ1) is 41.1. The van der Waals surface area contributed by atoms with Crippen LogP contribution in [0.25, 0.3) is 35.1 Å². The van der Waals surface area contributed by atoms with Gasteiger partial charge in [0.05, 0.1) is 11.4 Å². The minimum atomic E-state index is 0.464. The lowest BCUT2D eigenvalue weighted by molar-refractivity contribution is 0.214. The Morgan fingerprint density at radius 3 is 1.05 bits per heavy atom. The highest BCUT2D eigenvalue weighted by molar-refractivity contribution is 6.07. The van der Waals surface area contributed by atoms with E-state index in [0.29, 0.717) is 12.0 Å². The summed E-state index contributed by atoms with van der Waals surface area (Å²) in [6.45, 7) is 2.42. The number of nitrogens with zero attached hydrogens (tertiary/aromatic N) is 4. The lowest BCUT2D eigenvalue weighted by Gasteiger charge is -2.44. The molecule has 11 aromatic rings. The van der Waals surface area contributed by atoms with Gasteiger partial charge in [-0.15, -0.1) is 0 Å². The van der Waals surface area contributed by atoms with Crippen LogP contribution in [0.1, 0.15) is 67.7 Å². The van der Waals surface area contributed by atoms with Crippen molar-refractivity contribution >= 4 is 97.6 Å². The molecule has 0 aromatic heterocycles. The maximum atomic E-state index is 2.71. The molecule has 0 saturated heterocycles. The van der Waals surface area contributed by atoms with Crippen molar-refractivity contribution in [1.29, 1.82) is 0 Å². The molecule has 4 unspecified atom stereocenters. The molecule has 11 aromatic carbocycles. The van der Waals surface area contributed by atoms with Gasteiger partial charge in [-0.05, 0) is 181 Å². The van der Waals surface area contributed by atoms with Crippen LogP contribution in [-0.2, 0) is 0 Å². The van der Waals surface area contributed by atoms with Gasteiger partial charge in [0.25, 0.3) is 0 Å². The second-order valence-electron chi connectivity index (χ2n) is 22.4. The van der Waals surface area contributed by atoms with Crippen LogP contribution in [-0.4, -0.2) is 6.04 Å². The van der Waals surface area contributed by atoms with Crippen LogP contribution in [0.5, 0.6) is 0 Å². The summed E-state index contributed by atoms with van der Waals surface area (Å²) in [5.41, 5.74) is 17.0. The Morgan fingerprint density at radius 1 is 0.301 bits per heavy atom. The summed E-state index contributed by atoms with van der Waals surface area (Å²) in [5.74, 6) is 2.23. The van der Waals surface area contributed by atoms with E-state index in [2.05, 4.69) is 336 Å². The number of anilines is 11. The van der Waals surface area contributed by atoms with Crippen molar-refractivity contribution in [3.8, 4) is 0 Å². The summed E-state index contributed by atoms with van der Waals surface area (Å²) in [6.07, 6.45) is 16.7. The van der Waals surface area contributed by atoms with Crippen LogP contribution in [0, 0.1) is 17.8 Å². The van der Waals surface area contributed by atoms with Crippen LogP contribution >= 0.6 is 0 Å². The molecule has 4 heteroatoms. The Labute approximate surface area is 491 Å². The van der Waals surface area contributed by atoms with Gasteiger partial charge in [-0.2, -0.15) is 0 Å². The molecule has 4 atom stereocenters. The van der Waals surface area contributed by atoms with Gasteiger partial charge in [-0.1, -0.05) is 214 Å². The summed E-state index contributed by atoms with van der Waals surface area (Å²) >= 11 is 0. The van der Waals surface area contributed by atoms with E-state index >= 15 is 0 Å². The standard InChI is InChI=1S/C79H70N4/c1-2-64-44-38-63-43-57-74(64)79(58-63)83(67-28-16-7-17-29-67)73-55-53-72(54-56-73)82(70-47-41-62(42-48-70)37-35-60-22-10-4-11-23-60)78-33-19-30-75-76(78)31-18-32-77(75)81(69-45-39-61(40-46-69)36-34-59-20-8-3-9-21-59)71-51-49-68(50-52-71)80(65-24-12-5-13-25-65)66-26-14-6-15-27-66/h3-37,39-42,45-56,63-64,74,79H,2,38,43-44,57-58H2,1H3/b36-34-,37-35-. The van der Waals surface area contributed by atoms with E-state index < -0.39 is 0 Å². The fourth-order valence-electron chi connectivity index (χ4n) is 13.3. The smallest absolute Gasteiger partial charge is 0.0540 e. The molecule has 0 heterocycles. The minimum Gasteiger partial charge on any atom is -0.338 e. The van der Waals surface area contributed by atoms with Crippen molar-refractivity contribution in [3.05, 3.63) is 307 Å². The Bertz CT molecular complexity index is 3880. The van der Waals surface area contributed by atoms with E-state index in [1.807, 2.05) is 0 Å². The number of benzene rings is 11. The molecule has 4 nitrogen and oxygen atoms in total. The molecule has 0 radical (unpaired) electrons. The molecule has 14 rings (SSSR count). The van der Waals surface area contributed by atoms with Gasteiger partial charge in [0.15, 0.2) is 0 Å². The van der Waals surface area contributed by atoms with Crippen LogP contribution in [0.3, 0.4) is 0 Å². The fourth-order valence-corrected chi connectivity index (χ4v) is 13.3. The normalized spacial score (nSPS) is 16.7. The predicted octanol–water partition coefficient (Wildman–Crippen LogP) is 22.3. The van der Waals surface area contributed by atoms with Crippen molar-refractivity contribution in [1.82, 2.24) is 0 Å². The molecule has 3 aliphatic rings. The zero-order chi connectivity index (χ0) is 55.7. The lowest BCUT2D eigenvalue weighted by Crippen LogP contribution is -2.43. The Balaban J connectivity index is 0.926. The quantitative estimate of drug-likeness (QED) is 0.0843. The molecule has 406 valence electrons. The second-order valence-corrected chi connectivity index (χ2v) is 22.4. The topological polar surface area (TPSA) is 13.0 Å². The number of para-hydroxylation sites is 3. The van der Waals surface area contributed by atoms with E-state index in [4.69, 9.17) is 0 Å². The zero-order valence-electron chi connectivity index (χ0n) is 47.3. The van der Waals surface area contributed by atoms with E-state index in [1.54, 1.807) is 0 Å². The van der Waals surface area contributed by atoms with Gasteiger partial charge in [0.2, 0.25) is 0 Å². The first kappa shape index (κ1) is 52.7. The van der Waals surface area contributed by atoms with Gasteiger partial charge >= 0.3 is 0 Å². The van der Waals surface area contributed by atoms with Crippen molar-refractivity contribution in [2.75, 3.05) is 19.6 Å². The Hall–Kier alpha value is -9.64. The van der Waals surface area contributed by atoms with Crippen LogP contribution in [0.2, 0.25) is 0 Å². The predicted molar refractivity (Wildman–Crippen MR) is 355 cm³/mol. The average molecular weight is 1080 g/mol. The van der Waals surface area contributed by atoms with Gasteiger partial charge in [0.1, 0.15) is 0 Å². The SMILES string of the molecule is CCC1CCC2CCC1C(N(c1ccccc1)c1ccc(N(c3ccc(/C=C\c4ccccc4)cc3)c3cccc4c(N(c5ccc(/C=C\c6ccccc6)cc5)c5ccc(N(c6ccccc6)c6ccccc6)cc5)cccc34)cc1)C2. The molecule has 3 aliphatic carbocycles. The van der Waals surface area contributed by atoms with E-state index in [9.17, 15) is 0 Å². The summed E-state index contributed by atoms with van der Waals surface area (Å²) in [5, 5.41) is 2.29. The van der Waals surface area contributed by atoms with Gasteiger partial charge in [-0.25, -0.2) is 0 Å². The van der Waals surface area contributed by atoms with E-state index in [1.165, 1.54) is 61.0 Å². The largest absolute Gasteiger partial charge is 0.338 e. The Morgan fingerprint density at radius 2 is 0.627 bits per heavy atom. The van der Waals surface area contributed by atoms with E-state index in [-0.39, 0.29) is 0 Å². The summed E-state index contributed by atoms with van der Waals surface area (Å²) in [4.78, 5) is 9.92. The monoisotopic (exact) mass is 1070 g/mol. The van der Waals surface area contributed by atoms with Crippen LogP contribution in [0.4, 0.5) is 62.6 Å². The highest BCUT2D eigenvalue weighted by Crippen LogP contribution is 2.50. The van der Waals surface area contributed by atoms with Crippen LogP contribution in [0.15, 0.2) is 285 Å². The molecule has 3 saturated carbocycles. The van der Waals surface area contributed by atoms with Gasteiger partial charge in [0, 0.05) is 68.0 Å².